The lowest BCUT2D eigenvalue weighted by Crippen LogP contribution is -2.37. The van der Waals surface area contributed by atoms with Gasteiger partial charge in [-0.2, -0.15) is 0 Å². The highest BCUT2D eigenvalue weighted by Crippen LogP contribution is 2.38. The van der Waals surface area contributed by atoms with Gasteiger partial charge in [-0.05, 0) is 12.8 Å². The highest BCUT2D eigenvalue weighted by molar-refractivity contribution is 7.45. The monoisotopic (exact) mass is 930 g/mol. The summed E-state index contributed by atoms with van der Waals surface area (Å²) >= 11 is 0. The zero-order valence-corrected chi connectivity index (χ0v) is 44.2. The van der Waals surface area contributed by atoms with E-state index in [1.165, 1.54) is 218 Å². The predicted octanol–water partition coefficient (Wildman–Crippen LogP) is 16.1. The quantitative estimate of drug-likeness (QED) is 0.0257. The van der Waals surface area contributed by atoms with Gasteiger partial charge in [0.15, 0.2) is 6.10 Å². The average molecular weight is 930 g/mol. The molecule has 0 amide bonds. The van der Waals surface area contributed by atoms with E-state index in [-0.39, 0.29) is 32.0 Å². The number of phosphoric acid groups is 1. The molecule has 0 aliphatic carbocycles. The van der Waals surface area contributed by atoms with Crippen molar-refractivity contribution in [3.63, 3.8) is 0 Å². The van der Waals surface area contributed by atoms with Gasteiger partial charge in [-0.3, -0.25) is 14.2 Å². The van der Waals surface area contributed by atoms with Crippen LogP contribution in [0.15, 0.2) is 0 Å². The number of hydrogen-bond acceptors (Lipinski definition) is 8. The van der Waals surface area contributed by atoms with Crippen LogP contribution in [0.5, 0.6) is 0 Å². The Morgan fingerprint density at radius 3 is 1.00 bits per heavy atom. The molecule has 382 valence electrons. The van der Waals surface area contributed by atoms with Crippen LogP contribution < -0.4 is 4.89 Å². The Labute approximate surface area is 397 Å². The summed E-state index contributed by atoms with van der Waals surface area (Å²) in [4.78, 5) is 37.8. The lowest BCUT2D eigenvalue weighted by molar-refractivity contribution is -0.870. The molecule has 0 aliphatic rings. The number of phosphoric ester groups is 1. The SMILES string of the molecule is CCCCCCCCCCCCCCCCCCCCCCCCC(=O)OC[C@H](COP(=O)([O-])OCC[N+](C)(C)C)OC(=O)CCCCCCCCCCCCCCCCCCCC. The molecule has 0 aliphatic heterocycles. The van der Waals surface area contributed by atoms with Gasteiger partial charge in [0.1, 0.15) is 19.8 Å². The zero-order chi connectivity index (χ0) is 47.1. The third kappa shape index (κ3) is 50.4. The van der Waals surface area contributed by atoms with E-state index in [1.807, 2.05) is 21.1 Å². The van der Waals surface area contributed by atoms with Crippen LogP contribution in [-0.2, 0) is 32.7 Å². The molecule has 0 aromatic rings. The summed E-state index contributed by atoms with van der Waals surface area (Å²) in [6, 6.07) is 0. The largest absolute Gasteiger partial charge is 0.756 e. The van der Waals surface area contributed by atoms with E-state index in [0.717, 1.165) is 32.1 Å². The van der Waals surface area contributed by atoms with Gasteiger partial charge in [-0.1, -0.05) is 258 Å². The van der Waals surface area contributed by atoms with Gasteiger partial charge in [0, 0.05) is 12.8 Å². The molecule has 0 heterocycles. The molecule has 64 heavy (non-hydrogen) atoms. The van der Waals surface area contributed by atoms with E-state index in [2.05, 4.69) is 13.8 Å². The van der Waals surface area contributed by atoms with Crippen LogP contribution in [0.1, 0.15) is 284 Å². The second kappa shape index (κ2) is 47.1. The normalized spacial score (nSPS) is 13.3. The van der Waals surface area contributed by atoms with Crippen LogP contribution in [0.4, 0.5) is 0 Å². The number of hydrogen-bond donors (Lipinski definition) is 0. The highest BCUT2D eigenvalue weighted by Gasteiger charge is 2.22. The Balaban J connectivity index is 4.13. The minimum absolute atomic E-state index is 0.0252. The number of nitrogens with zero attached hydrogens (tertiary/aromatic N) is 1. The Kier molecular flexibility index (Phi) is 46.4. The molecule has 0 radical (unpaired) electrons. The summed E-state index contributed by atoms with van der Waals surface area (Å²) in [6.45, 7) is 4.31. The number of rotatable bonds is 52. The van der Waals surface area contributed by atoms with Crippen LogP contribution in [0, 0.1) is 0 Å². The van der Waals surface area contributed by atoms with Crippen molar-refractivity contribution in [3.8, 4) is 0 Å². The van der Waals surface area contributed by atoms with Gasteiger partial charge in [0.25, 0.3) is 7.82 Å². The molecule has 9 nitrogen and oxygen atoms in total. The van der Waals surface area contributed by atoms with Crippen LogP contribution in [0.3, 0.4) is 0 Å². The number of unbranched alkanes of at least 4 members (excludes halogenated alkanes) is 38. The Bertz CT molecular complexity index is 1050. The van der Waals surface area contributed by atoms with E-state index in [9.17, 15) is 19.0 Å². The summed E-state index contributed by atoms with van der Waals surface area (Å²) in [5, 5.41) is 0. The van der Waals surface area contributed by atoms with E-state index in [1.54, 1.807) is 0 Å². The summed E-state index contributed by atoms with van der Waals surface area (Å²) in [5.74, 6) is -0.811. The molecule has 1 unspecified atom stereocenters. The first-order valence-corrected chi connectivity index (χ1v) is 29.2. The molecule has 0 fully saturated rings. The molecule has 0 aromatic carbocycles. The fourth-order valence-corrected chi connectivity index (χ4v) is 9.03. The fourth-order valence-electron chi connectivity index (χ4n) is 8.31. The molecule has 10 heteroatoms. The topological polar surface area (TPSA) is 111 Å². The third-order valence-electron chi connectivity index (χ3n) is 12.6. The molecule has 0 bridgehead atoms. The van der Waals surface area contributed by atoms with Crippen molar-refractivity contribution < 1.29 is 42.1 Å². The first kappa shape index (κ1) is 63.0. The van der Waals surface area contributed by atoms with Gasteiger partial charge >= 0.3 is 11.9 Å². The van der Waals surface area contributed by atoms with Crippen molar-refractivity contribution in [1.29, 1.82) is 0 Å². The van der Waals surface area contributed by atoms with Gasteiger partial charge in [0.2, 0.25) is 0 Å². The van der Waals surface area contributed by atoms with Gasteiger partial charge in [-0.15, -0.1) is 0 Å². The van der Waals surface area contributed by atoms with E-state index in [0.29, 0.717) is 17.4 Å². The molecule has 0 aromatic heterocycles. The van der Waals surface area contributed by atoms with Crippen molar-refractivity contribution in [2.24, 2.45) is 0 Å². The Morgan fingerprint density at radius 1 is 0.422 bits per heavy atom. The highest BCUT2D eigenvalue weighted by atomic mass is 31.2. The maximum atomic E-state index is 12.8. The lowest BCUT2D eigenvalue weighted by atomic mass is 10.0. The number of carbonyl (C=O) groups excluding carboxylic acids is 2. The van der Waals surface area contributed by atoms with Crippen LogP contribution in [-0.4, -0.2) is 70.0 Å². The summed E-state index contributed by atoms with van der Waals surface area (Å²) in [7, 11) is 1.19. The first-order valence-electron chi connectivity index (χ1n) is 27.7. The number of esters is 2. The van der Waals surface area contributed by atoms with Crippen LogP contribution in [0.25, 0.3) is 0 Å². The maximum absolute atomic E-state index is 12.8. The molecule has 2 atom stereocenters. The molecular weight excluding hydrogens is 822 g/mol. The molecule has 0 spiro atoms. The van der Waals surface area contributed by atoms with Gasteiger partial charge in [-0.25, -0.2) is 0 Å². The molecule has 0 rings (SSSR count). The predicted molar refractivity (Wildman–Crippen MR) is 269 cm³/mol. The third-order valence-corrected chi connectivity index (χ3v) is 13.6. The summed E-state index contributed by atoms with van der Waals surface area (Å²) < 4.78 is 34.1. The smallest absolute Gasteiger partial charge is 0.306 e. The van der Waals surface area contributed by atoms with Crippen molar-refractivity contribution in [3.05, 3.63) is 0 Å². The zero-order valence-electron chi connectivity index (χ0n) is 43.3. The van der Waals surface area contributed by atoms with Crippen LogP contribution in [0.2, 0.25) is 0 Å². The van der Waals surface area contributed by atoms with E-state index in [4.69, 9.17) is 18.5 Å². The second-order valence-electron chi connectivity index (χ2n) is 20.3. The van der Waals surface area contributed by atoms with Crippen LogP contribution >= 0.6 is 7.82 Å². The Hall–Kier alpha value is -0.990. The average Bonchev–Trinajstić information content (AvgIpc) is 3.25. The number of ether oxygens (including phenoxy) is 2. The van der Waals surface area contributed by atoms with E-state index >= 15 is 0 Å². The summed E-state index contributed by atoms with van der Waals surface area (Å²) in [6.07, 6.45) is 51.4. The molecule has 0 saturated heterocycles. The number of quaternary nitrogens is 1. The minimum atomic E-state index is -4.62. The van der Waals surface area contributed by atoms with E-state index < -0.39 is 26.5 Å². The van der Waals surface area contributed by atoms with Crippen molar-refractivity contribution >= 4 is 19.8 Å². The lowest BCUT2D eigenvalue weighted by Gasteiger charge is -2.28. The fraction of sp³-hybridized carbons (Fsp3) is 0.963. The number of likely N-dealkylation sites (N-methyl/N-ethyl adjacent to an activating group) is 1. The second-order valence-corrected chi connectivity index (χ2v) is 21.7. The Morgan fingerprint density at radius 2 is 0.703 bits per heavy atom. The van der Waals surface area contributed by atoms with Gasteiger partial charge < -0.3 is 27.9 Å². The minimum Gasteiger partial charge on any atom is -0.756 e. The van der Waals surface area contributed by atoms with Crippen molar-refractivity contribution in [2.75, 3.05) is 47.5 Å². The van der Waals surface area contributed by atoms with Crippen molar-refractivity contribution in [2.45, 2.75) is 290 Å². The molecular formula is C54H108NO8P. The molecule has 0 saturated carbocycles. The standard InChI is InChI=1S/C54H108NO8P/c1-6-8-10-12-14-16-18-20-22-24-26-27-28-29-31-32-34-36-38-40-42-44-46-53(56)60-50-52(51-62-64(58,59)61-49-48-55(3,4)5)63-54(57)47-45-43-41-39-37-35-33-30-25-23-21-19-17-15-13-11-9-7-2/h52H,6-51H2,1-5H3/t52-/m1/s1. The molecule has 0 N–H and O–H groups in total. The number of carbonyl (C=O) groups is 2. The maximum Gasteiger partial charge on any atom is 0.306 e. The van der Waals surface area contributed by atoms with Gasteiger partial charge in [0.05, 0.1) is 27.7 Å². The summed E-state index contributed by atoms with van der Waals surface area (Å²) in [5.41, 5.74) is 0. The first-order chi connectivity index (χ1) is 31.0. The van der Waals surface area contributed by atoms with Crippen molar-refractivity contribution in [1.82, 2.24) is 0 Å².